The summed E-state index contributed by atoms with van der Waals surface area (Å²) in [6.07, 6.45) is 0. The molecule has 0 saturated heterocycles. The van der Waals surface area contributed by atoms with E-state index in [0.717, 1.165) is 15.1 Å². The topological polar surface area (TPSA) is 12.0 Å². The second-order valence-electron chi connectivity index (χ2n) is 4.30. The van der Waals surface area contributed by atoms with Gasteiger partial charge in [0.2, 0.25) is 0 Å². The van der Waals surface area contributed by atoms with Gasteiger partial charge in [0.1, 0.15) is 0 Å². The third-order valence-electron chi connectivity index (χ3n) is 2.96. The first kappa shape index (κ1) is 13.6. The van der Waals surface area contributed by atoms with Crippen LogP contribution in [-0.2, 0) is 0 Å². The standard InChI is InChI=1S/C15H15BrClN/c1-10-3-8-13(14(17)9-10)15(18-2)11-4-6-12(16)7-5-11/h3-9,15,18H,1-2H3. The van der Waals surface area contributed by atoms with Crippen LogP contribution in [-0.4, -0.2) is 7.05 Å². The van der Waals surface area contributed by atoms with Crippen molar-refractivity contribution in [2.45, 2.75) is 13.0 Å². The Bertz CT molecular complexity index is 537. The lowest BCUT2D eigenvalue weighted by molar-refractivity contribution is 0.692. The first-order valence-corrected chi connectivity index (χ1v) is 6.97. The van der Waals surface area contributed by atoms with Gasteiger partial charge in [0, 0.05) is 9.50 Å². The average molecular weight is 325 g/mol. The summed E-state index contributed by atoms with van der Waals surface area (Å²) in [4.78, 5) is 0. The van der Waals surface area contributed by atoms with Crippen molar-refractivity contribution in [3.05, 3.63) is 68.7 Å². The summed E-state index contributed by atoms with van der Waals surface area (Å²) in [6, 6.07) is 14.6. The van der Waals surface area contributed by atoms with Crippen molar-refractivity contribution < 1.29 is 0 Å². The molecule has 0 bridgehead atoms. The number of nitrogens with one attached hydrogen (secondary N) is 1. The fourth-order valence-corrected chi connectivity index (χ4v) is 2.63. The number of hydrogen-bond donors (Lipinski definition) is 1. The Morgan fingerprint density at radius 2 is 1.78 bits per heavy atom. The van der Waals surface area contributed by atoms with Crippen LogP contribution in [0.25, 0.3) is 0 Å². The highest BCUT2D eigenvalue weighted by atomic mass is 79.9. The molecule has 0 aliphatic carbocycles. The number of benzene rings is 2. The van der Waals surface area contributed by atoms with Gasteiger partial charge < -0.3 is 5.32 Å². The zero-order valence-electron chi connectivity index (χ0n) is 10.4. The van der Waals surface area contributed by atoms with Gasteiger partial charge in [-0.15, -0.1) is 0 Å². The van der Waals surface area contributed by atoms with Gasteiger partial charge >= 0.3 is 0 Å². The van der Waals surface area contributed by atoms with E-state index < -0.39 is 0 Å². The van der Waals surface area contributed by atoms with E-state index in [1.54, 1.807) is 0 Å². The molecule has 2 rings (SSSR count). The van der Waals surface area contributed by atoms with Crippen LogP contribution in [0.3, 0.4) is 0 Å². The van der Waals surface area contributed by atoms with Crippen LogP contribution in [0.1, 0.15) is 22.7 Å². The van der Waals surface area contributed by atoms with Crippen LogP contribution < -0.4 is 5.32 Å². The van der Waals surface area contributed by atoms with Crippen molar-refractivity contribution in [3.63, 3.8) is 0 Å². The molecule has 0 heterocycles. The molecule has 3 heteroatoms. The van der Waals surface area contributed by atoms with Crippen molar-refractivity contribution in [1.82, 2.24) is 5.32 Å². The van der Waals surface area contributed by atoms with E-state index in [1.165, 1.54) is 11.1 Å². The molecular formula is C15H15BrClN. The molecule has 0 spiro atoms. The van der Waals surface area contributed by atoms with Gasteiger partial charge in [-0.25, -0.2) is 0 Å². The minimum atomic E-state index is 0.117. The first-order valence-electron chi connectivity index (χ1n) is 5.80. The molecule has 2 aromatic carbocycles. The van der Waals surface area contributed by atoms with Crippen LogP contribution in [0, 0.1) is 6.92 Å². The van der Waals surface area contributed by atoms with E-state index in [9.17, 15) is 0 Å². The summed E-state index contributed by atoms with van der Waals surface area (Å²) < 4.78 is 1.08. The fourth-order valence-electron chi connectivity index (χ4n) is 2.02. The number of rotatable bonds is 3. The highest BCUT2D eigenvalue weighted by molar-refractivity contribution is 9.10. The molecule has 0 aromatic heterocycles. The quantitative estimate of drug-likeness (QED) is 0.861. The highest BCUT2D eigenvalue weighted by Gasteiger charge is 2.14. The molecule has 0 aliphatic rings. The Morgan fingerprint density at radius 1 is 1.11 bits per heavy atom. The van der Waals surface area contributed by atoms with Crippen LogP contribution >= 0.6 is 27.5 Å². The maximum absolute atomic E-state index is 6.33. The van der Waals surface area contributed by atoms with Gasteiger partial charge in [0.05, 0.1) is 6.04 Å². The molecule has 1 unspecified atom stereocenters. The fraction of sp³-hybridized carbons (Fsp3) is 0.200. The predicted molar refractivity (Wildman–Crippen MR) is 81.2 cm³/mol. The Morgan fingerprint density at radius 3 is 2.33 bits per heavy atom. The van der Waals surface area contributed by atoms with Gasteiger partial charge in [-0.1, -0.05) is 51.8 Å². The molecule has 0 saturated carbocycles. The second-order valence-corrected chi connectivity index (χ2v) is 5.62. The maximum Gasteiger partial charge on any atom is 0.0589 e. The molecule has 0 amide bonds. The van der Waals surface area contributed by atoms with Gasteiger partial charge in [-0.3, -0.25) is 0 Å². The molecule has 1 nitrogen and oxygen atoms in total. The average Bonchev–Trinajstić information content (AvgIpc) is 2.35. The lowest BCUT2D eigenvalue weighted by Gasteiger charge is -2.19. The van der Waals surface area contributed by atoms with Crippen LogP contribution in [0.15, 0.2) is 46.9 Å². The first-order chi connectivity index (χ1) is 8.61. The third kappa shape index (κ3) is 2.94. The summed E-state index contributed by atoms with van der Waals surface area (Å²) in [5.74, 6) is 0. The maximum atomic E-state index is 6.33. The minimum Gasteiger partial charge on any atom is -0.309 e. The van der Waals surface area contributed by atoms with Crippen LogP contribution in [0.5, 0.6) is 0 Å². The minimum absolute atomic E-state index is 0.117. The van der Waals surface area contributed by atoms with Gasteiger partial charge in [0.15, 0.2) is 0 Å². The van der Waals surface area contributed by atoms with Crippen molar-refractivity contribution in [2.75, 3.05) is 7.05 Å². The molecule has 2 aromatic rings. The zero-order valence-corrected chi connectivity index (χ0v) is 12.7. The number of halogens is 2. The number of aryl methyl sites for hydroxylation is 1. The Labute approximate surface area is 121 Å². The van der Waals surface area contributed by atoms with Gasteiger partial charge in [0.25, 0.3) is 0 Å². The zero-order chi connectivity index (χ0) is 13.1. The van der Waals surface area contributed by atoms with E-state index in [1.807, 2.05) is 32.2 Å². The molecule has 0 aliphatic heterocycles. The summed E-state index contributed by atoms with van der Waals surface area (Å²) in [5, 5.41) is 4.12. The Kier molecular flexibility index (Phi) is 4.44. The number of hydrogen-bond acceptors (Lipinski definition) is 1. The summed E-state index contributed by atoms with van der Waals surface area (Å²) in [6.45, 7) is 2.05. The molecule has 0 radical (unpaired) electrons. The summed E-state index contributed by atoms with van der Waals surface area (Å²) in [5.41, 5.74) is 3.48. The van der Waals surface area contributed by atoms with E-state index in [2.05, 4.69) is 45.5 Å². The SMILES string of the molecule is CNC(c1ccc(Br)cc1)c1ccc(C)cc1Cl. The molecular weight excluding hydrogens is 310 g/mol. The van der Waals surface area contributed by atoms with Gasteiger partial charge in [-0.05, 0) is 48.9 Å². The molecule has 1 atom stereocenters. The molecule has 1 N–H and O–H groups in total. The van der Waals surface area contributed by atoms with E-state index in [0.29, 0.717) is 0 Å². The van der Waals surface area contributed by atoms with E-state index in [4.69, 9.17) is 11.6 Å². The second kappa shape index (κ2) is 5.87. The van der Waals surface area contributed by atoms with E-state index >= 15 is 0 Å². The smallest absolute Gasteiger partial charge is 0.0589 e. The van der Waals surface area contributed by atoms with Crippen molar-refractivity contribution in [1.29, 1.82) is 0 Å². The monoisotopic (exact) mass is 323 g/mol. The van der Waals surface area contributed by atoms with Crippen molar-refractivity contribution in [2.24, 2.45) is 0 Å². The largest absolute Gasteiger partial charge is 0.309 e. The summed E-state index contributed by atoms with van der Waals surface area (Å²) >= 11 is 9.79. The normalized spacial score (nSPS) is 12.4. The summed E-state index contributed by atoms with van der Waals surface area (Å²) in [7, 11) is 1.95. The highest BCUT2D eigenvalue weighted by Crippen LogP contribution is 2.29. The Balaban J connectivity index is 2.41. The van der Waals surface area contributed by atoms with Crippen molar-refractivity contribution in [3.8, 4) is 0 Å². The molecule has 18 heavy (non-hydrogen) atoms. The van der Waals surface area contributed by atoms with Crippen LogP contribution in [0.4, 0.5) is 0 Å². The predicted octanol–water partition coefficient (Wildman–Crippen LogP) is 4.72. The third-order valence-corrected chi connectivity index (χ3v) is 3.81. The van der Waals surface area contributed by atoms with Crippen molar-refractivity contribution >= 4 is 27.5 Å². The molecule has 94 valence electrons. The van der Waals surface area contributed by atoms with Crippen LogP contribution in [0.2, 0.25) is 5.02 Å². The lowest BCUT2D eigenvalue weighted by atomic mass is 9.98. The molecule has 0 fully saturated rings. The van der Waals surface area contributed by atoms with E-state index in [-0.39, 0.29) is 6.04 Å². The lowest BCUT2D eigenvalue weighted by Crippen LogP contribution is -2.18. The van der Waals surface area contributed by atoms with Gasteiger partial charge in [-0.2, -0.15) is 0 Å². The Hall–Kier alpha value is -0.830.